The Labute approximate surface area is 178 Å². The molecule has 1 unspecified atom stereocenters. The third kappa shape index (κ3) is 5.09. The quantitative estimate of drug-likeness (QED) is 0.549. The van der Waals surface area contributed by atoms with E-state index in [9.17, 15) is 4.79 Å². The molecule has 0 spiro atoms. The molecule has 1 amide bonds. The maximum absolute atomic E-state index is 12.4. The third-order valence-corrected chi connectivity index (χ3v) is 5.69. The SMILES string of the molecule is COc1ccc(C(NCCC2CCNCC2)(NC(C)=O)c2ccncc2)c(OC)c1. The fourth-order valence-corrected chi connectivity index (χ4v) is 4.14. The first kappa shape index (κ1) is 22.1. The second-order valence-electron chi connectivity index (χ2n) is 7.64. The van der Waals surface area contributed by atoms with Gasteiger partial charge in [0.05, 0.1) is 14.2 Å². The lowest BCUT2D eigenvalue weighted by Gasteiger charge is -2.38. The highest BCUT2D eigenvalue weighted by Gasteiger charge is 2.38. The average Bonchev–Trinajstić information content (AvgIpc) is 2.79. The summed E-state index contributed by atoms with van der Waals surface area (Å²) < 4.78 is 11.1. The largest absolute Gasteiger partial charge is 0.497 e. The number of carbonyl (C=O) groups is 1. The van der Waals surface area contributed by atoms with Crippen LogP contribution in [0.15, 0.2) is 42.7 Å². The Balaban J connectivity index is 2.00. The number of ether oxygens (including phenoxy) is 2. The van der Waals surface area contributed by atoms with Crippen LogP contribution in [0.5, 0.6) is 11.5 Å². The van der Waals surface area contributed by atoms with Crippen molar-refractivity contribution in [3.05, 3.63) is 53.9 Å². The first-order chi connectivity index (χ1) is 14.6. The van der Waals surface area contributed by atoms with Gasteiger partial charge in [-0.05, 0) is 74.6 Å². The fourth-order valence-electron chi connectivity index (χ4n) is 4.14. The van der Waals surface area contributed by atoms with Crippen molar-refractivity contribution in [2.75, 3.05) is 33.9 Å². The molecule has 1 atom stereocenters. The molecular formula is C23H32N4O3. The molecule has 1 aromatic carbocycles. The summed E-state index contributed by atoms with van der Waals surface area (Å²) in [7, 11) is 3.24. The van der Waals surface area contributed by atoms with Gasteiger partial charge >= 0.3 is 0 Å². The molecule has 3 rings (SSSR count). The van der Waals surface area contributed by atoms with Gasteiger partial charge in [-0.1, -0.05) is 0 Å². The number of amides is 1. The van der Waals surface area contributed by atoms with Gasteiger partial charge in [0.15, 0.2) is 0 Å². The van der Waals surface area contributed by atoms with Crippen LogP contribution in [-0.2, 0) is 10.5 Å². The van der Waals surface area contributed by atoms with Crippen LogP contribution < -0.4 is 25.4 Å². The molecule has 3 N–H and O–H groups in total. The van der Waals surface area contributed by atoms with Crippen molar-refractivity contribution in [2.24, 2.45) is 5.92 Å². The lowest BCUT2D eigenvalue weighted by molar-refractivity contribution is -0.121. The maximum atomic E-state index is 12.4. The number of carbonyl (C=O) groups excluding carboxylic acids is 1. The Kier molecular flexibility index (Phi) is 7.65. The summed E-state index contributed by atoms with van der Waals surface area (Å²) in [5, 5.41) is 10.2. The molecule has 2 aromatic rings. The molecule has 1 aliphatic heterocycles. The van der Waals surface area contributed by atoms with Crippen molar-refractivity contribution >= 4 is 5.91 Å². The van der Waals surface area contributed by atoms with E-state index in [4.69, 9.17) is 9.47 Å². The monoisotopic (exact) mass is 412 g/mol. The van der Waals surface area contributed by atoms with E-state index in [0.717, 1.165) is 37.2 Å². The highest BCUT2D eigenvalue weighted by Crippen LogP contribution is 2.36. The van der Waals surface area contributed by atoms with Crippen LogP contribution >= 0.6 is 0 Å². The molecule has 7 heteroatoms. The van der Waals surface area contributed by atoms with Gasteiger partial charge in [0, 0.05) is 30.9 Å². The van der Waals surface area contributed by atoms with E-state index >= 15 is 0 Å². The molecule has 2 heterocycles. The topological polar surface area (TPSA) is 84.5 Å². The highest BCUT2D eigenvalue weighted by atomic mass is 16.5. The van der Waals surface area contributed by atoms with E-state index in [0.29, 0.717) is 17.4 Å². The van der Waals surface area contributed by atoms with Crippen LogP contribution in [0.3, 0.4) is 0 Å². The van der Waals surface area contributed by atoms with Crippen molar-refractivity contribution < 1.29 is 14.3 Å². The van der Waals surface area contributed by atoms with Gasteiger partial charge in [-0.15, -0.1) is 0 Å². The number of piperidine rings is 1. The van der Waals surface area contributed by atoms with Crippen LogP contribution in [0.2, 0.25) is 0 Å². The number of pyridine rings is 1. The van der Waals surface area contributed by atoms with Crippen molar-refractivity contribution in [3.63, 3.8) is 0 Å². The number of benzene rings is 1. The zero-order chi connectivity index (χ0) is 21.4. The molecule has 1 fully saturated rings. The number of nitrogens with zero attached hydrogens (tertiary/aromatic N) is 1. The number of rotatable bonds is 9. The molecule has 0 radical (unpaired) electrons. The van der Waals surface area contributed by atoms with Gasteiger partial charge in [0.2, 0.25) is 5.91 Å². The molecule has 7 nitrogen and oxygen atoms in total. The average molecular weight is 413 g/mol. The van der Waals surface area contributed by atoms with Crippen LogP contribution in [0.25, 0.3) is 0 Å². The predicted molar refractivity (Wildman–Crippen MR) is 117 cm³/mol. The summed E-state index contributed by atoms with van der Waals surface area (Å²) in [6.45, 7) is 4.42. The van der Waals surface area contributed by atoms with Crippen molar-refractivity contribution in [2.45, 2.75) is 31.8 Å². The first-order valence-corrected chi connectivity index (χ1v) is 10.5. The smallest absolute Gasteiger partial charge is 0.218 e. The summed E-state index contributed by atoms with van der Waals surface area (Å²) in [5.41, 5.74) is 0.762. The minimum atomic E-state index is -0.945. The Bertz CT molecular complexity index is 824. The van der Waals surface area contributed by atoms with Crippen molar-refractivity contribution in [1.29, 1.82) is 0 Å². The van der Waals surface area contributed by atoms with Crippen LogP contribution in [0.1, 0.15) is 37.3 Å². The molecule has 1 aromatic heterocycles. The zero-order valence-electron chi connectivity index (χ0n) is 18.0. The summed E-state index contributed by atoms with van der Waals surface area (Å²) >= 11 is 0. The Morgan fingerprint density at radius 3 is 2.53 bits per heavy atom. The molecule has 0 aliphatic carbocycles. The van der Waals surface area contributed by atoms with E-state index < -0.39 is 5.66 Å². The Morgan fingerprint density at radius 1 is 1.17 bits per heavy atom. The summed E-state index contributed by atoms with van der Waals surface area (Å²) in [5.74, 6) is 1.86. The van der Waals surface area contributed by atoms with Crippen molar-refractivity contribution in [3.8, 4) is 11.5 Å². The number of nitrogens with one attached hydrogen (secondary N) is 3. The fraction of sp³-hybridized carbons (Fsp3) is 0.478. The molecule has 1 aliphatic rings. The molecule has 0 bridgehead atoms. The lowest BCUT2D eigenvalue weighted by atomic mass is 9.89. The predicted octanol–water partition coefficient (Wildman–Crippen LogP) is 2.42. The van der Waals surface area contributed by atoms with Gasteiger partial charge in [-0.2, -0.15) is 0 Å². The second-order valence-corrected chi connectivity index (χ2v) is 7.64. The number of aromatic nitrogens is 1. The van der Waals surface area contributed by atoms with Gasteiger partial charge < -0.3 is 20.1 Å². The van der Waals surface area contributed by atoms with Crippen LogP contribution in [-0.4, -0.2) is 44.7 Å². The normalized spacial score (nSPS) is 16.5. The van der Waals surface area contributed by atoms with Gasteiger partial charge in [0.25, 0.3) is 0 Å². The maximum Gasteiger partial charge on any atom is 0.218 e. The van der Waals surface area contributed by atoms with Gasteiger partial charge in [0.1, 0.15) is 17.2 Å². The summed E-state index contributed by atoms with van der Waals surface area (Å²) in [4.78, 5) is 16.5. The van der Waals surface area contributed by atoms with E-state index in [1.54, 1.807) is 26.6 Å². The minimum absolute atomic E-state index is 0.140. The molecule has 30 heavy (non-hydrogen) atoms. The van der Waals surface area contributed by atoms with Crippen LogP contribution in [0.4, 0.5) is 0 Å². The number of hydrogen-bond donors (Lipinski definition) is 3. The molecular weight excluding hydrogens is 380 g/mol. The minimum Gasteiger partial charge on any atom is -0.497 e. The number of hydrogen-bond acceptors (Lipinski definition) is 6. The van der Waals surface area contributed by atoms with Crippen LogP contribution in [0, 0.1) is 5.92 Å². The first-order valence-electron chi connectivity index (χ1n) is 10.5. The molecule has 162 valence electrons. The second kappa shape index (κ2) is 10.4. The van der Waals surface area contributed by atoms with E-state index in [-0.39, 0.29) is 5.91 Å². The molecule has 0 saturated carbocycles. The van der Waals surface area contributed by atoms with Gasteiger partial charge in [-0.25, -0.2) is 0 Å². The van der Waals surface area contributed by atoms with Gasteiger partial charge in [-0.3, -0.25) is 15.1 Å². The third-order valence-electron chi connectivity index (χ3n) is 5.69. The number of methoxy groups -OCH3 is 2. The van der Waals surface area contributed by atoms with Crippen molar-refractivity contribution in [1.82, 2.24) is 20.9 Å². The Morgan fingerprint density at radius 2 is 1.90 bits per heavy atom. The summed E-state index contributed by atoms with van der Waals surface area (Å²) in [6.07, 6.45) is 6.85. The molecule has 1 saturated heterocycles. The van der Waals surface area contributed by atoms with E-state index in [2.05, 4.69) is 20.9 Å². The standard InChI is InChI=1S/C23H32N4O3/c1-17(28)27-23(19-9-13-25-14-10-19,26-15-8-18-6-11-24-12-7-18)21-5-4-20(29-2)16-22(21)30-3/h4-5,9-10,13-14,16,18,24,26H,6-8,11-12,15H2,1-3H3,(H,27,28). The summed E-state index contributed by atoms with van der Waals surface area (Å²) in [6, 6.07) is 9.48. The Hall–Kier alpha value is -2.64. The zero-order valence-corrected chi connectivity index (χ0v) is 18.0. The highest BCUT2D eigenvalue weighted by molar-refractivity contribution is 5.75. The van der Waals surface area contributed by atoms with E-state index in [1.165, 1.54) is 19.8 Å². The lowest BCUT2D eigenvalue weighted by Crippen LogP contribution is -2.57. The van der Waals surface area contributed by atoms with E-state index in [1.807, 2.05) is 30.3 Å².